The molecule has 1 N–H and O–H groups in total. The Balaban J connectivity index is 2.92. The number of aromatic nitrogens is 1. The van der Waals surface area contributed by atoms with Gasteiger partial charge in [0.2, 0.25) is 0 Å². The lowest BCUT2D eigenvalue weighted by Crippen LogP contribution is -1.98. The van der Waals surface area contributed by atoms with Crippen LogP contribution in [0.5, 0.6) is 0 Å². The maximum absolute atomic E-state index is 13.1. The van der Waals surface area contributed by atoms with Crippen molar-refractivity contribution in [1.82, 2.24) is 4.57 Å². The first kappa shape index (κ1) is 11.0. The molecule has 1 aromatic heterocycles. The zero-order valence-corrected chi connectivity index (χ0v) is 9.25. The van der Waals surface area contributed by atoms with E-state index in [1.807, 2.05) is 6.92 Å². The maximum Gasteiger partial charge on any atom is 0.339 e. The monoisotopic (exact) mass is 241 g/mol. The van der Waals surface area contributed by atoms with Crippen molar-refractivity contribution in [2.75, 3.05) is 0 Å². The van der Waals surface area contributed by atoms with E-state index >= 15 is 0 Å². The van der Waals surface area contributed by atoms with E-state index in [-0.39, 0.29) is 10.7 Å². The van der Waals surface area contributed by atoms with Crippen LogP contribution in [0.1, 0.15) is 17.3 Å². The van der Waals surface area contributed by atoms with Crippen molar-refractivity contribution in [3.63, 3.8) is 0 Å². The second kappa shape index (κ2) is 3.79. The summed E-state index contributed by atoms with van der Waals surface area (Å²) in [5, 5.41) is 9.51. The second-order valence-corrected chi connectivity index (χ2v) is 3.73. The van der Waals surface area contributed by atoms with Crippen molar-refractivity contribution in [3.05, 3.63) is 34.7 Å². The molecule has 0 spiro atoms. The van der Waals surface area contributed by atoms with E-state index in [0.717, 1.165) is 0 Å². The predicted molar refractivity (Wildman–Crippen MR) is 59.5 cm³/mol. The van der Waals surface area contributed by atoms with Gasteiger partial charge in [0, 0.05) is 11.9 Å². The molecule has 0 atom stereocenters. The number of carbonyl (C=O) groups is 1. The average Bonchev–Trinajstić information content (AvgIpc) is 2.48. The molecule has 0 aliphatic carbocycles. The number of fused-ring (bicyclic) bond motifs is 1. The molecule has 0 unspecified atom stereocenters. The summed E-state index contributed by atoms with van der Waals surface area (Å²) < 4.78 is 14.7. The van der Waals surface area contributed by atoms with Gasteiger partial charge in [-0.3, -0.25) is 0 Å². The molecule has 0 aliphatic rings. The van der Waals surface area contributed by atoms with Crippen LogP contribution >= 0.6 is 11.6 Å². The van der Waals surface area contributed by atoms with Gasteiger partial charge in [-0.2, -0.15) is 0 Å². The lowest BCUT2D eigenvalue weighted by Gasteiger charge is -2.01. The van der Waals surface area contributed by atoms with Crippen molar-refractivity contribution in [2.45, 2.75) is 13.5 Å². The van der Waals surface area contributed by atoms with Crippen molar-refractivity contribution in [2.24, 2.45) is 0 Å². The Morgan fingerprint density at radius 3 is 2.81 bits per heavy atom. The molecule has 2 aromatic rings. The van der Waals surface area contributed by atoms with Gasteiger partial charge in [-0.25, -0.2) is 9.18 Å². The van der Waals surface area contributed by atoms with E-state index in [9.17, 15) is 9.18 Å². The van der Waals surface area contributed by atoms with Crippen molar-refractivity contribution in [3.8, 4) is 0 Å². The van der Waals surface area contributed by atoms with Crippen LogP contribution in [-0.4, -0.2) is 15.6 Å². The topological polar surface area (TPSA) is 42.2 Å². The smallest absolute Gasteiger partial charge is 0.339 e. The summed E-state index contributed by atoms with van der Waals surface area (Å²) >= 11 is 5.96. The molecule has 3 nitrogen and oxygen atoms in total. The Bertz CT molecular complexity index is 577. The van der Waals surface area contributed by atoms with E-state index in [1.165, 1.54) is 18.2 Å². The third-order valence-electron chi connectivity index (χ3n) is 2.49. The van der Waals surface area contributed by atoms with Gasteiger partial charge in [-0.1, -0.05) is 11.6 Å². The van der Waals surface area contributed by atoms with E-state index in [0.29, 0.717) is 17.4 Å². The third-order valence-corrected chi connectivity index (χ3v) is 2.89. The van der Waals surface area contributed by atoms with Gasteiger partial charge in [-0.15, -0.1) is 0 Å². The first-order valence-corrected chi connectivity index (χ1v) is 5.14. The van der Waals surface area contributed by atoms with Crippen LogP contribution in [0.25, 0.3) is 10.9 Å². The summed E-state index contributed by atoms with van der Waals surface area (Å²) in [5.74, 6) is -1.62. The van der Waals surface area contributed by atoms with Gasteiger partial charge in [0.1, 0.15) is 16.5 Å². The van der Waals surface area contributed by atoms with Crippen LogP contribution in [0.4, 0.5) is 4.39 Å². The summed E-state index contributed by atoms with van der Waals surface area (Å²) in [4.78, 5) is 11.1. The fourth-order valence-electron chi connectivity index (χ4n) is 1.81. The summed E-state index contributed by atoms with van der Waals surface area (Å²) in [6, 6.07) is 4.01. The quantitative estimate of drug-likeness (QED) is 0.878. The lowest BCUT2D eigenvalue weighted by atomic mass is 10.2. The minimum absolute atomic E-state index is 0.0435. The number of aromatic carboxylic acids is 1. The number of rotatable bonds is 2. The molecule has 1 aromatic carbocycles. The normalized spacial score (nSPS) is 10.9. The summed E-state index contributed by atoms with van der Waals surface area (Å²) in [5.41, 5.74) is 0.587. The van der Waals surface area contributed by atoms with Gasteiger partial charge in [0.05, 0.1) is 5.52 Å². The number of hydrogen-bond donors (Lipinski definition) is 1. The number of halogens is 2. The van der Waals surface area contributed by atoms with Crippen molar-refractivity contribution < 1.29 is 14.3 Å². The van der Waals surface area contributed by atoms with Gasteiger partial charge in [-0.05, 0) is 25.1 Å². The molecule has 16 heavy (non-hydrogen) atoms. The highest BCUT2D eigenvalue weighted by Crippen LogP contribution is 2.30. The Labute approximate surface area is 96.1 Å². The van der Waals surface area contributed by atoms with Crippen LogP contribution in [0.15, 0.2) is 18.2 Å². The first-order valence-electron chi connectivity index (χ1n) is 4.76. The standard InChI is InChI=1S/C11H9ClFNO2/c1-2-14-8-4-3-6(13)5-7(8)9(10(14)12)11(15)16/h3-5H,2H2,1H3,(H,15,16). The highest BCUT2D eigenvalue weighted by Gasteiger charge is 2.20. The number of benzene rings is 1. The molecule has 0 saturated carbocycles. The lowest BCUT2D eigenvalue weighted by molar-refractivity contribution is 0.0699. The molecule has 0 radical (unpaired) electrons. The molecule has 0 saturated heterocycles. The minimum Gasteiger partial charge on any atom is -0.478 e. The zero-order chi connectivity index (χ0) is 11.9. The van der Waals surface area contributed by atoms with Crippen LogP contribution < -0.4 is 0 Å². The predicted octanol–water partition coefficient (Wildman–Crippen LogP) is 3.15. The Kier molecular flexibility index (Phi) is 2.59. The molecule has 0 amide bonds. The van der Waals surface area contributed by atoms with Gasteiger partial charge in [0.15, 0.2) is 0 Å². The number of carboxylic acid groups (broad SMARTS) is 1. The van der Waals surface area contributed by atoms with Gasteiger partial charge in [0.25, 0.3) is 0 Å². The van der Waals surface area contributed by atoms with Gasteiger partial charge < -0.3 is 9.67 Å². The highest BCUT2D eigenvalue weighted by atomic mass is 35.5. The van der Waals surface area contributed by atoms with E-state index in [2.05, 4.69) is 0 Å². The number of carboxylic acids is 1. The molecule has 0 fully saturated rings. The van der Waals surface area contributed by atoms with E-state index < -0.39 is 11.8 Å². The van der Waals surface area contributed by atoms with Crippen molar-refractivity contribution >= 4 is 28.5 Å². The molecular formula is C11H9ClFNO2. The fourth-order valence-corrected chi connectivity index (χ4v) is 2.20. The van der Waals surface area contributed by atoms with E-state index in [1.54, 1.807) is 4.57 Å². The molecule has 84 valence electrons. The van der Waals surface area contributed by atoms with E-state index in [4.69, 9.17) is 16.7 Å². The van der Waals surface area contributed by atoms with Crippen LogP contribution in [0, 0.1) is 5.82 Å². The Morgan fingerprint density at radius 1 is 1.56 bits per heavy atom. The Hall–Kier alpha value is -1.55. The maximum atomic E-state index is 13.1. The highest BCUT2D eigenvalue weighted by molar-refractivity contribution is 6.35. The van der Waals surface area contributed by atoms with Crippen molar-refractivity contribution in [1.29, 1.82) is 0 Å². The number of hydrogen-bond acceptors (Lipinski definition) is 1. The number of nitrogens with zero attached hydrogens (tertiary/aromatic N) is 1. The summed E-state index contributed by atoms with van der Waals surface area (Å²) in [6.07, 6.45) is 0. The Morgan fingerprint density at radius 2 is 2.25 bits per heavy atom. The minimum atomic E-state index is -1.15. The third kappa shape index (κ3) is 1.46. The van der Waals surface area contributed by atoms with Gasteiger partial charge >= 0.3 is 5.97 Å². The SMILES string of the molecule is CCn1c(Cl)c(C(=O)O)c2cc(F)ccc21. The number of aryl methyl sites for hydroxylation is 1. The van der Waals surface area contributed by atoms with Crippen LogP contribution in [-0.2, 0) is 6.54 Å². The molecule has 5 heteroatoms. The largest absolute Gasteiger partial charge is 0.478 e. The van der Waals surface area contributed by atoms with Crippen LogP contribution in [0.3, 0.4) is 0 Å². The first-order chi connectivity index (χ1) is 7.56. The zero-order valence-electron chi connectivity index (χ0n) is 8.50. The van der Waals surface area contributed by atoms with Crippen LogP contribution in [0.2, 0.25) is 5.15 Å². The molecule has 1 heterocycles. The fraction of sp³-hybridized carbons (Fsp3) is 0.182. The molecule has 0 bridgehead atoms. The molecular weight excluding hydrogens is 233 g/mol. The average molecular weight is 242 g/mol. The second-order valence-electron chi connectivity index (χ2n) is 3.38. The summed E-state index contributed by atoms with van der Waals surface area (Å²) in [7, 11) is 0. The molecule has 2 rings (SSSR count). The summed E-state index contributed by atoms with van der Waals surface area (Å²) in [6.45, 7) is 2.38. The molecule has 0 aliphatic heterocycles.